The lowest BCUT2D eigenvalue weighted by Crippen LogP contribution is -2.33. The van der Waals surface area contributed by atoms with Gasteiger partial charge in [-0.1, -0.05) is 13.0 Å². The molecule has 1 aliphatic rings. The predicted molar refractivity (Wildman–Crippen MR) is 79.8 cm³/mol. The molecule has 0 unspecified atom stereocenters. The molecule has 1 heterocycles. The third-order valence-electron chi connectivity index (χ3n) is 3.44. The molecule has 0 bridgehead atoms. The number of hydrogen-bond donors (Lipinski definition) is 1. The highest BCUT2D eigenvalue weighted by Gasteiger charge is 2.17. The van der Waals surface area contributed by atoms with E-state index in [1.165, 1.54) is 18.4 Å². The summed E-state index contributed by atoms with van der Waals surface area (Å²) in [5.41, 5.74) is 1.60. The Balaban J connectivity index is 2.07. The number of likely N-dealkylation sites (tertiary alicyclic amines) is 1. The minimum atomic E-state index is -0.855. The van der Waals surface area contributed by atoms with Crippen LogP contribution in [0.4, 0.5) is 0 Å². The van der Waals surface area contributed by atoms with Crippen LogP contribution < -0.4 is 0 Å². The van der Waals surface area contributed by atoms with Crippen molar-refractivity contribution >= 4 is 28.6 Å². The van der Waals surface area contributed by atoms with Crippen molar-refractivity contribution in [2.45, 2.75) is 26.3 Å². The molecule has 1 saturated heterocycles. The van der Waals surface area contributed by atoms with E-state index in [-0.39, 0.29) is 0 Å². The van der Waals surface area contributed by atoms with Crippen molar-refractivity contribution in [1.29, 1.82) is 0 Å². The Bertz CT molecular complexity index is 447. The molecule has 3 nitrogen and oxygen atoms in total. The van der Waals surface area contributed by atoms with E-state index in [0.717, 1.165) is 29.1 Å². The van der Waals surface area contributed by atoms with E-state index >= 15 is 0 Å². The molecule has 18 heavy (non-hydrogen) atoms. The second kappa shape index (κ2) is 6.02. The van der Waals surface area contributed by atoms with Crippen LogP contribution in [-0.2, 0) is 6.54 Å². The Labute approximate surface area is 121 Å². The van der Waals surface area contributed by atoms with Gasteiger partial charge in [0.05, 0.1) is 5.56 Å². The SMILES string of the molecule is C[C@@H]1CCCN(Cc2ccc(C(=O)O)cc2I)C1. The Hall–Kier alpha value is -0.620. The summed E-state index contributed by atoms with van der Waals surface area (Å²) in [5, 5.41) is 8.94. The highest BCUT2D eigenvalue weighted by Crippen LogP contribution is 2.21. The molecule has 1 aliphatic heterocycles. The van der Waals surface area contributed by atoms with Crippen molar-refractivity contribution in [2.24, 2.45) is 5.92 Å². The lowest BCUT2D eigenvalue weighted by molar-refractivity contribution is 0.0697. The van der Waals surface area contributed by atoms with Crippen LogP contribution in [0.25, 0.3) is 0 Å². The molecular formula is C14H18INO2. The lowest BCUT2D eigenvalue weighted by Gasteiger charge is -2.31. The molecule has 0 saturated carbocycles. The number of carboxylic acid groups (broad SMARTS) is 1. The maximum Gasteiger partial charge on any atom is 0.335 e. The number of rotatable bonds is 3. The van der Waals surface area contributed by atoms with Crippen LogP contribution >= 0.6 is 22.6 Å². The zero-order valence-corrected chi connectivity index (χ0v) is 12.7. The van der Waals surface area contributed by atoms with Crippen LogP contribution in [-0.4, -0.2) is 29.1 Å². The Kier molecular flexibility index (Phi) is 4.61. The first-order chi connectivity index (χ1) is 8.56. The van der Waals surface area contributed by atoms with Gasteiger partial charge in [-0.2, -0.15) is 0 Å². The highest BCUT2D eigenvalue weighted by atomic mass is 127. The van der Waals surface area contributed by atoms with Crippen LogP contribution in [0.1, 0.15) is 35.7 Å². The standard InChI is InChI=1S/C14H18INO2/c1-10-3-2-6-16(8-10)9-12-5-4-11(14(17)18)7-13(12)15/h4-5,7,10H,2-3,6,8-9H2,1H3,(H,17,18)/t10-/m1/s1. The van der Waals surface area contributed by atoms with Gasteiger partial charge in [0.25, 0.3) is 0 Å². The number of aromatic carboxylic acids is 1. The largest absolute Gasteiger partial charge is 0.478 e. The molecule has 1 fully saturated rings. The van der Waals surface area contributed by atoms with Crippen LogP contribution in [0.2, 0.25) is 0 Å². The van der Waals surface area contributed by atoms with Crippen molar-refractivity contribution < 1.29 is 9.90 Å². The van der Waals surface area contributed by atoms with Gasteiger partial charge in [-0.25, -0.2) is 4.79 Å². The second-order valence-electron chi connectivity index (χ2n) is 5.09. The van der Waals surface area contributed by atoms with Gasteiger partial charge in [0.2, 0.25) is 0 Å². The quantitative estimate of drug-likeness (QED) is 0.843. The van der Waals surface area contributed by atoms with E-state index in [2.05, 4.69) is 34.4 Å². The molecular weight excluding hydrogens is 341 g/mol. The molecule has 98 valence electrons. The van der Waals surface area contributed by atoms with E-state index in [1.807, 2.05) is 6.07 Å². The van der Waals surface area contributed by atoms with Gasteiger partial charge in [-0.3, -0.25) is 4.90 Å². The highest BCUT2D eigenvalue weighted by molar-refractivity contribution is 14.1. The Morgan fingerprint density at radius 1 is 1.56 bits per heavy atom. The third kappa shape index (κ3) is 3.45. The zero-order valence-electron chi connectivity index (χ0n) is 10.5. The molecule has 0 aliphatic carbocycles. The van der Waals surface area contributed by atoms with Gasteiger partial charge in [0, 0.05) is 16.7 Å². The fraction of sp³-hybridized carbons (Fsp3) is 0.500. The van der Waals surface area contributed by atoms with Crippen LogP contribution in [0.15, 0.2) is 18.2 Å². The molecule has 1 N–H and O–H groups in total. The van der Waals surface area contributed by atoms with E-state index in [1.54, 1.807) is 12.1 Å². The molecule has 2 rings (SSSR count). The minimum absolute atomic E-state index is 0.371. The number of carboxylic acids is 1. The average molecular weight is 359 g/mol. The Morgan fingerprint density at radius 3 is 2.94 bits per heavy atom. The van der Waals surface area contributed by atoms with E-state index in [4.69, 9.17) is 5.11 Å². The topological polar surface area (TPSA) is 40.5 Å². The molecule has 4 heteroatoms. The molecule has 1 aromatic carbocycles. The summed E-state index contributed by atoms with van der Waals surface area (Å²) in [7, 11) is 0. The predicted octanol–water partition coefficient (Wildman–Crippen LogP) is 3.22. The average Bonchev–Trinajstić information content (AvgIpc) is 2.31. The number of carbonyl (C=O) groups is 1. The van der Waals surface area contributed by atoms with Crippen molar-refractivity contribution in [3.05, 3.63) is 32.9 Å². The number of hydrogen-bond acceptors (Lipinski definition) is 2. The van der Waals surface area contributed by atoms with Gasteiger partial charge in [0.1, 0.15) is 0 Å². The van der Waals surface area contributed by atoms with E-state index in [9.17, 15) is 4.79 Å². The summed E-state index contributed by atoms with van der Waals surface area (Å²) in [6, 6.07) is 5.41. The molecule has 1 aromatic rings. The molecule has 1 atom stereocenters. The maximum absolute atomic E-state index is 10.9. The van der Waals surface area contributed by atoms with E-state index < -0.39 is 5.97 Å². The summed E-state index contributed by atoms with van der Waals surface area (Å²) < 4.78 is 1.05. The molecule has 0 amide bonds. The summed E-state index contributed by atoms with van der Waals surface area (Å²) in [6.07, 6.45) is 2.59. The van der Waals surface area contributed by atoms with Gasteiger partial charge < -0.3 is 5.11 Å². The van der Waals surface area contributed by atoms with E-state index in [0.29, 0.717) is 5.56 Å². The normalized spacial score (nSPS) is 20.9. The third-order valence-corrected chi connectivity index (χ3v) is 4.44. The number of benzene rings is 1. The molecule has 0 aromatic heterocycles. The van der Waals surface area contributed by atoms with Gasteiger partial charge in [-0.05, 0) is 65.6 Å². The minimum Gasteiger partial charge on any atom is -0.478 e. The first-order valence-electron chi connectivity index (χ1n) is 6.30. The van der Waals surface area contributed by atoms with Crippen molar-refractivity contribution in [3.8, 4) is 0 Å². The van der Waals surface area contributed by atoms with Crippen molar-refractivity contribution in [1.82, 2.24) is 4.90 Å². The van der Waals surface area contributed by atoms with Crippen molar-refractivity contribution in [3.63, 3.8) is 0 Å². The first-order valence-corrected chi connectivity index (χ1v) is 7.38. The maximum atomic E-state index is 10.9. The number of nitrogens with zero attached hydrogens (tertiary/aromatic N) is 1. The van der Waals surface area contributed by atoms with Gasteiger partial charge >= 0.3 is 5.97 Å². The monoisotopic (exact) mass is 359 g/mol. The Morgan fingerprint density at radius 2 is 2.33 bits per heavy atom. The first kappa shape index (κ1) is 13.8. The summed E-state index contributed by atoms with van der Waals surface area (Å²) in [4.78, 5) is 13.3. The second-order valence-corrected chi connectivity index (χ2v) is 6.26. The fourth-order valence-electron chi connectivity index (χ4n) is 2.48. The molecule has 0 spiro atoms. The van der Waals surface area contributed by atoms with Gasteiger partial charge in [0.15, 0.2) is 0 Å². The summed E-state index contributed by atoms with van der Waals surface area (Å²) in [5.74, 6) is -0.0826. The summed E-state index contributed by atoms with van der Waals surface area (Å²) >= 11 is 2.23. The zero-order chi connectivity index (χ0) is 13.1. The summed E-state index contributed by atoms with van der Waals surface area (Å²) in [6.45, 7) is 5.53. The van der Waals surface area contributed by atoms with Crippen LogP contribution in [0.5, 0.6) is 0 Å². The number of halogens is 1. The fourth-order valence-corrected chi connectivity index (χ4v) is 3.17. The number of piperidine rings is 1. The van der Waals surface area contributed by atoms with Crippen LogP contribution in [0.3, 0.4) is 0 Å². The van der Waals surface area contributed by atoms with Crippen molar-refractivity contribution in [2.75, 3.05) is 13.1 Å². The van der Waals surface area contributed by atoms with Gasteiger partial charge in [-0.15, -0.1) is 0 Å². The van der Waals surface area contributed by atoms with Crippen LogP contribution in [0, 0.1) is 9.49 Å². The molecule has 0 radical (unpaired) electrons. The lowest BCUT2D eigenvalue weighted by atomic mass is 9.99. The smallest absolute Gasteiger partial charge is 0.335 e.